The van der Waals surface area contributed by atoms with Crippen LogP contribution >= 0.6 is 0 Å². The van der Waals surface area contributed by atoms with Crippen LogP contribution in [0.1, 0.15) is 52.5 Å². The van der Waals surface area contributed by atoms with Crippen molar-refractivity contribution in [3.05, 3.63) is 60.2 Å². The number of aliphatic hydroxyl groups is 1. The zero-order valence-corrected chi connectivity index (χ0v) is 24.6. The van der Waals surface area contributed by atoms with Crippen molar-refractivity contribution in [1.29, 1.82) is 0 Å². The van der Waals surface area contributed by atoms with Crippen LogP contribution in [-0.2, 0) is 33.4 Å². The number of nitrogens with zero attached hydrogens (tertiary/aromatic N) is 1. The first-order valence-corrected chi connectivity index (χ1v) is 14.3. The highest BCUT2D eigenvalue weighted by molar-refractivity contribution is 6.13. The highest BCUT2D eigenvalue weighted by atomic mass is 16.7. The van der Waals surface area contributed by atoms with Crippen LogP contribution in [0.3, 0.4) is 0 Å². The zero-order chi connectivity index (χ0) is 30.3. The summed E-state index contributed by atoms with van der Waals surface area (Å²) in [5, 5.41) is 17.3. The van der Waals surface area contributed by atoms with E-state index in [1.807, 2.05) is 55.5 Å². The molecule has 0 amide bonds. The van der Waals surface area contributed by atoms with E-state index in [1.165, 1.54) is 0 Å². The molecule has 224 valence electrons. The minimum absolute atomic E-state index is 0.0391. The van der Waals surface area contributed by atoms with E-state index in [2.05, 4.69) is 11.2 Å². The number of esters is 2. The molecule has 0 aliphatic carbocycles. The van der Waals surface area contributed by atoms with Gasteiger partial charge in [-0.1, -0.05) is 60.6 Å². The number of benzene rings is 3. The van der Waals surface area contributed by atoms with E-state index in [4.69, 9.17) is 19.0 Å². The first-order chi connectivity index (χ1) is 20.1. The van der Waals surface area contributed by atoms with Crippen LogP contribution in [0.15, 0.2) is 59.8 Å². The largest absolute Gasteiger partial charge is 0.463 e. The van der Waals surface area contributed by atoms with Crippen LogP contribution in [0.2, 0.25) is 0 Å². The summed E-state index contributed by atoms with van der Waals surface area (Å²) in [5.74, 6) is -2.50. The average molecular weight is 578 g/mol. The van der Waals surface area contributed by atoms with Crippen LogP contribution in [0.5, 0.6) is 0 Å². The van der Waals surface area contributed by atoms with Crippen molar-refractivity contribution < 1.29 is 38.5 Å². The third-order valence-corrected chi connectivity index (χ3v) is 7.88. The third-order valence-electron chi connectivity index (χ3n) is 7.88. The van der Waals surface area contributed by atoms with Crippen LogP contribution in [-0.4, -0.2) is 61.8 Å². The Morgan fingerprint density at radius 2 is 1.62 bits per heavy atom. The molecule has 1 aliphatic heterocycles. The second kappa shape index (κ2) is 13.4. The van der Waals surface area contributed by atoms with E-state index in [-0.39, 0.29) is 38.8 Å². The molecule has 1 saturated heterocycles. The lowest BCUT2D eigenvalue weighted by Crippen LogP contribution is -2.38. The monoisotopic (exact) mass is 577 g/mol. The van der Waals surface area contributed by atoms with E-state index >= 15 is 0 Å². The molecule has 3 aromatic carbocycles. The molecule has 3 atom stereocenters. The summed E-state index contributed by atoms with van der Waals surface area (Å²) in [6.45, 7) is 7.10. The predicted octanol–water partition coefficient (Wildman–Crippen LogP) is 5.19. The van der Waals surface area contributed by atoms with Crippen LogP contribution in [0.4, 0.5) is 0 Å². The van der Waals surface area contributed by atoms with Gasteiger partial charge in [0, 0.05) is 5.56 Å². The maximum absolute atomic E-state index is 13.3. The molecule has 9 heteroatoms. The quantitative estimate of drug-likeness (QED) is 0.0694. The number of hydrogen-bond acceptors (Lipinski definition) is 9. The fraction of sp³-hybridized carbons (Fsp3) is 0.455. The molecule has 0 spiro atoms. The molecule has 3 unspecified atom stereocenters. The van der Waals surface area contributed by atoms with Gasteiger partial charge in [-0.15, -0.1) is 0 Å². The van der Waals surface area contributed by atoms with Crippen molar-refractivity contribution in [2.75, 3.05) is 26.4 Å². The Morgan fingerprint density at radius 3 is 2.19 bits per heavy atom. The van der Waals surface area contributed by atoms with Gasteiger partial charge in [0.05, 0.1) is 36.2 Å². The standard InChI is InChI=1S/C33H39NO8/c1-5-33(4,31(38)41-21-25-20-40-25)18-24(29(36)39-15-14-35)17-32(2,3)30(37)42-34-19-28-26-12-8-6-10-22(26)16-23-11-7-9-13-27(23)28/h6-13,16,19,24-25,35H,5,14-15,17-18,20-21H2,1-4H3/b34-19+. The van der Waals surface area contributed by atoms with Gasteiger partial charge in [-0.25, -0.2) is 4.79 Å². The van der Waals surface area contributed by atoms with E-state index in [0.29, 0.717) is 13.0 Å². The molecule has 0 bridgehead atoms. The first kappa shape index (κ1) is 31.1. The Morgan fingerprint density at radius 1 is 1.00 bits per heavy atom. The fourth-order valence-corrected chi connectivity index (χ4v) is 5.06. The molecule has 0 radical (unpaired) electrons. The van der Waals surface area contributed by atoms with Crippen LogP contribution in [0, 0.1) is 16.7 Å². The van der Waals surface area contributed by atoms with Gasteiger partial charge in [-0.3, -0.25) is 9.59 Å². The molecule has 1 aliphatic rings. The summed E-state index contributed by atoms with van der Waals surface area (Å²) in [6.07, 6.45) is 2.01. The third kappa shape index (κ3) is 7.52. The van der Waals surface area contributed by atoms with E-state index < -0.39 is 34.7 Å². The summed E-state index contributed by atoms with van der Waals surface area (Å²) in [6, 6.07) is 17.9. The van der Waals surface area contributed by atoms with Crippen molar-refractivity contribution >= 4 is 45.7 Å². The van der Waals surface area contributed by atoms with Crippen molar-refractivity contribution in [2.45, 2.75) is 53.1 Å². The maximum atomic E-state index is 13.3. The minimum Gasteiger partial charge on any atom is -0.463 e. The molecule has 1 N–H and O–H groups in total. The second-order valence-electron chi connectivity index (χ2n) is 11.7. The van der Waals surface area contributed by atoms with Gasteiger partial charge in [-0.2, -0.15) is 0 Å². The van der Waals surface area contributed by atoms with E-state index in [1.54, 1.807) is 27.0 Å². The van der Waals surface area contributed by atoms with Gasteiger partial charge >= 0.3 is 17.9 Å². The second-order valence-corrected chi connectivity index (χ2v) is 11.7. The van der Waals surface area contributed by atoms with E-state index in [0.717, 1.165) is 27.1 Å². The number of epoxide rings is 1. The number of hydrogen-bond donors (Lipinski definition) is 1. The summed E-state index contributed by atoms with van der Waals surface area (Å²) in [4.78, 5) is 44.7. The first-order valence-electron chi connectivity index (χ1n) is 14.3. The molecule has 1 heterocycles. The van der Waals surface area contributed by atoms with Gasteiger partial charge in [-0.05, 0) is 67.6 Å². The van der Waals surface area contributed by atoms with Gasteiger partial charge in [0.15, 0.2) is 0 Å². The molecule has 42 heavy (non-hydrogen) atoms. The number of carbonyl (C=O) groups excluding carboxylic acids is 3. The Hall–Kier alpha value is -3.82. The molecule has 0 saturated carbocycles. The van der Waals surface area contributed by atoms with E-state index in [9.17, 15) is 19.5 Å². The van der Waals surface area contributed by atoms with Crippen molar-refractivity contribution in [1.82, 2.24) is 0 Å². The van der Waals surface area contributed by atoms with Crippen LogP contribution in [0.25, 0.3) is 21.5 Å². The van der Waals surface area contributed by atoms with Crippen LogP contribution < -0.4 is 0 Å². The Bertz CT molecular complexity index is 1410. The topological polar surface area (TPSA) is 124 Å². The predicted molar refractivity (Wildman–Crippen MR) is 159 cm³/mol. The molecular weight excluding hydrogens is 538 g/mol. The summed E-state index contributed by atoms with van der Waals surface area (Å²) in [7, 11) is 0. The number of carbonyl (C=O) groups is 3. The molecule has 9 nitrogen and oxygen atoms in total. The summed E-state index contributed by atoms with van der Waals surface area (Å²) >= 11 is 0. The van der Waals surface area contributed by atoms with Crippen molar-refractivity contribution in [3.8, 4) is 0 Å². The van der Waals surface area contributed by atoms with Gasteiger partial charge in [0.1, 0.15) is 19.3 Å². The molecule has 0 aromatic heterocycles. The summed E-state index contributed by atoms with van der Waals surface area (Å²) in [5.41, 5.74) is -1.32. The Kier molecular flexibility index (Phi) is 9.96. The Labute approximate surface area is 245 Å². The molecule has 1 fully saturated rings. The van der Waals surface area contributed by atoms with Gasteiger partial charge < -0.3 is 24.2 Å². The van der Waals surface area contributed by atoms with Crippen molar-refractivity contribution in [3.63, 3.8) is 0 Å². The number of rotatable bonds is 14. The zero-order valence-electron chi connectivity index (χ0n) is 24.6. The highest BCUT2D eigenvalue weighted by Gasteiger charge is 2.43. The fourth-order valence-electron chi connectivity index (χ4n) is 5.06. The lowest BCUT2D eigenvalue weighted by Gasteiger charge is -2.32. The smallest absolute Gasteiger partial charge is 0.340 e. The normalized spacial score (nSPS) is 17.1. The number of ether oxygens (including phenoxy) is 3. The Balaban J connectivity index is 1.51. The highest BCUT2D eigenvalue weighted by Crippen LogP contribution is 2.38. The average Bonchev–Trinajstić information content (AvgIpc) is 3.82. The molecule has 4 rings (SSSR count). The molecular formula is C33H39NO8. The summed E-state index contributed by atoms with van der Waals surface area (Å²) < 4.78 is 15.8. The minimum atomic E-state index is -1.15. The van der Waals surface area contributed by atoms with Crippen molar-refractivity contribution in [2.24, 2.45) is 21.9 Å². The number of fused-ring (bicyclic) bond motifs is 2. The molecule has 3 aromatic rings. The van der Waals surface area contributed by atoms with Gasteiger partial charge in [0.2, 0.25) is 0 Å². The maximum Gasteiger partial charge on any atom is 0.340 e. The lowest BCUT2D eigenvalue weighted by molar-refractivity contribution is -0.162. The number of aliphatic hydroxyl groups excluding tert-OH is 1. The van der Waals surface area contributed by atoms with Gasteiger partial charge in [0.25, 0.3) is 0 Å². The lowest BCUT2D eigenvalue weighted by atomic mass is 9.73. The SMILES string of the molecule is CCC(C)(CC(CC(C)(C)C(=O)O/N=C/c1c2ccccc2cc2ccccc12)C(=O)OCCO)C(=O)OCC1CO1. The number of oxime groups is 1.